The molecular formula is C32H52N4O5. The van der Waals surface area contributed by atoms with E-state index in [1.54, 1.807) is 0 Å². The summed E-state index contributed by atoms with van der Waals surface area (Å²) in [5.41, 5.74) is 9.90. The fourth-order valence-electron chi connectivity index (χ4n) is 4.48. The van der Waals surface area contributed by atoms with Gasteiger partial charge in [0, 0.05) is 63.5 Å². The first-order valence-corrected chi connectivity index (χ1v) is 14.8. The van der Waals surface area contributed by atoms with Crippen molar-refractivity contribution in [3.05, 3.63) is 59.7 Å². The van der Waals surface area contributed by atoms with E-state index in [1.165, 1.54) is 16.8 Å². The number of ether oxygens (including phenoxy) is 3. The predicted octanol–water partition coefficient (Wildman–Crippen LogP) is 4.73. The van der Waals surface area contributed by atoms with Crippen molar-refractivity contribution in [1.82, 2.24) is 5.32 Å². The summed E-state index contributed by atoms with van der Waals surface area (Å²) < 4.78 is 15.9. The Balaban J connectivity index is 0.000000285. The number of nitrogens with one attached hydrogen (secondary N) is 3. The summed E-state index contributed by atoms with van der Waals surface area (Å²) in [6.07, 6.45) is 5.70. The Morgan fingerprint density at radius 1 is 0.805 bits per heavy atom. The maximum absolute atomic E-state index is 11.6. The van der Waals surface area contributed by atoms with E-state index >= 15 is 0 Å². The highest BCUT2D eigenvalue weighted by atomic mass is 16.6. The van der Waals surface area contributed by atoms with Gasteiger partial charge < -0.3 is 41.0 Å². The van der Waals surface area contributed by atoms with Crippen LogP contribution in [0.4, 0.5) is 16.2 Å². The molecule has 2 aromatic carbocycles. The summed E-state index contributed by atoms with van der Waals surface area (Å²) in [5, 5.41) is 16.9. The second-order valence-electron chi connectivity index (χ2n) is 11.2. The van der Waals surface area contributed by atoms with Crippen LogP contribution in [-0.4, -0.2) is 75.5 Å². The lowest BCUT2D eigenvalue weighted by molar-refractivity contribution is 0.0528. The molecule has 4 rings (SSSR count). The minimum atomic E-state index is -0.457. The third kappa shape index (κ3) is 15.1. The molecule has 6 N–H and O–H groups in total. The number of amides is 1. The van der Waals surface area contributed by atoms with Crippen LogP contribution in [0.3, 0.4) is 0 Å². The van der Waals surface area contributed by atoms with E-state index in [0.29, 0.717) is 25.2 Å². The Hall–Kier alpha value is -2.85. The molecule has 2 aliphatic rings. The molecule has 1 amide bonds. The van der Waals surface area contributed by atoms with Crippen LogP contribution in [0.1, 0.15) is 57.6 Å². The number of hydrogen-bond acceptors (Lipinski definition) is 8. The minimum Gasteiger partial charge on any atom is -0.444 e. The Bertz CT molecular complexity index is 952. The molecule has 2 fully saturated rings. The molecule has 2 aliphatic heterocycles. The molecule has 9 heteroatoms. The first kappa shape index (κ1) is 34.4. The van der Waals surface area contributed by atoms with Crippen molar-refractivity contribution < 1.29 is 24.1 Å². The van der Waals surface area contributed by atoms with Crippen molar-refractivity contribution >= 4 is 17.5 Å². The van der Waals surface area contributed by atoms with Gasteiger partial charge in [-0.25, -0.2) is 4.79 Å². The molecule has 0 unspecified atom stereocenters. The normalized spacial score (nSPS) is 15.9. The van der Waals surface area contributed by atoms with Crippen molar-refractivity contribution in [1.29, 1.82) is 0 Å². The molecule has 0 aromatic heterocycles. The molecule has 0 spiro atoms. The number of carbonyl (C=O) groups is 1. The Morgan fingerprint density at radius 2 is 1.22 bits per heavy atom. The van der Waals surface area contributed by atoms with Crippen molar-refractivity contribution in [3.63, 3.8) is 0 Å². The van der Waals surface area contributed by atoms with Crippen LogP contribution in [0.25, 0.3) is 0 Å². The fraction of sp³-hybridized carbons (Fsp3) is 0.594. The minimum absolute atomic E-state index is 0.365. The van der Waals surface area contributed by atoms with Gasteiger partial charge in [-0.05, 0) is 101 Å². The number of rotatable bonds is 9. The number of nitrogens with two attached hydrogens (primary N) is 1. The highest BCUT2D eigenvalue weighted by Gasteiger charge is 2.16. The van der Waals surface area contributed by atoms with Crippen LogP contribution >= 0.6 is 0 Å². The monoisotopic (exact) mass is 572 g/mol. The van der Waals surface area contributed by atoms with Crippen LogP contribution < -0.4 is 21.7 Å². The molecule has 230 valence electrons. The molecule has 41 heavy (non-hydrogen) atoms. The van der Waals surface area contributed by atoms with Gasteiger partial charge in [0.15, 0.2) is 0 Å². The molecular weight excluding hydrogens is 520 g/mol. The van der Waals surface area contributed by atoms with Gasteiger partial charge in [-0.3, -0.25) is 0 Å². The van der Waals surface area contributed by atoms with Crippen LogP contribution in [-0.2, 0) is 27.1 Å². The zero-order chi connectivity index (χ0) is 29.9. The third-order valence-corrected chi connectivity index (χ3v) is 6.61. The quantitative estimate of drug-likeness (QED) is 0.292. The standard InChI is InChI=1S/C18H28N2O3.C13H20N2O.CH4O/c1-18(2,3)23-17(21)19-11-8-14-4-6-15(7-5-14)20-16-9-12-22-13-10-16;14-8-5-11-1-3-12(4-2-11)15-13-6-9-16-10-7-13;1-2/h4-7,16,20H,8-13H2,1-3H3,(H,19,21);1-4,13,15H,5-10,14H2;2H,1H3. The van der Waals surface area contributed by atoms with Crippen LogP contribution in [0.2, 0.25) is 0 Å². The van der Waals surface area contributed by atoms with Gasteiger partial charge in [0.2, 0.25) is 0 Å². The van der Waals surface area contributed by atoms with Crippen LogP contribution in [0.15, 0.2) is 48.5 Å². The van der Waals surface area contributed by atoms with Crippen molar-refractivity contribution in [3.8, 4) is 0 Å². The van der Waals surface area contributed by atoms with Crippen molar-refractivity contribution in [2.24, 2.45) is 5.73 Å². The molecule has 0 atom stereocenters. The summed E-state index contributed by atoms with van der Waals surface area (Å²) in [6.45, 7) is 10.3. The summed E-state index contributed by atoms with van der Waals surface area (Å²) in [7, 11) is 1.00. The van der Waals surface area contributed by atoms with Crippen LogP contribution in [0.5, 0.6) is 0 Å². The Labute approximate surface area is 246 Å². The summed E-state index contributed by atoms with van der Waals surface area (Å²) >= 11 is 0. The Morgan fingerprint density at radius 3 is 1.61 bits per heavy atom. The molecule has 0 bridgehead atoms. The number of aliphatic hydroxyl groups is 1. The summed E-state index contributed by atoms with van der Waals surface area (Å²) in [4.78, 5) is 11.6. The lowest BCUT2D eigenvalue weighted by Gasteiger charge is -2.24. The fourth-order valence-corrected chi connectivity index (χ4v) is 4.48. The number of carbonyl (C=O) groups excluding carboxylic acids is 1. The zero-order valence-electron chi connectivity index (χ0n) is 25.4. The third-order valence-electron chi connectivity index (χ3n) is 6.61. The maximum Gasteiger partial charge on any atom is 0.407 e. The number of hydrogen-bond donors (Lipinski definition) is 5. The van der Waals surface area contributed by atoms with Gasteiger partial charge in [-0.1, -0.05) is 24.3 Å². The van der Waals surface area contributed by atoms with E-state index in [4.69, 9.17) is 25.1 Å². The highest BCUT2D eigenvalue weighted by Crippen LogP contribution is 2.17. The van der Waals surface area contributed by atoms with Crippen LogP contribution in [0, 0.1) is 0 Å². The average molecular weight is 573 g/mol. The Kier molecular flexibility index (Phi) is 16.2. The number of alkyl carbamates (subject to hydrolysis) is 1. The number of aliphatic hydroxyl groups excluding tert-OH is 1. The lowest BCUT2D eigenvalue weighted by Crippen LogP contribution is -2.33. The van der Waals surface area contributed by atoms with Crippen molar-refractivity contribution in [2.75, 3.05) is 57.3 Å². The molecule has 9 nitrogen and oxygen atoms in total. The van der Waals surface area contributed by atoms with E-state index in [0.717, 1.165) is 77.7 Å². The summed E-state index contributed by atoms with van der Waals surface area (Å²) in [6, 6.07) is 18.0. The lowest BCUT2D eigenvalue weighted by atomic mass is 10.1. The van der Waals surface area contributed by atoms with Crippen molar-refractivity contribution in [2.45, 2.75) is 77.0 Å². The summed E-state index contributed by atoms with van der Waals surface area (Å²) in [5.74, 6) is 0. The van der Waals surface area contributed by atoms with Gasteiger partial charge in [-0.15, -0.1) is 0 Å². The number of benzene rings is 2. The molecule has 0 saturated carbocycles. The van der Waals surface area contributed by atoms with E-state index in [2.05, 4.69) is 64.5 Å². The van der Waals surface area contributed by atoms with E-state index in [-0.39, 0.29) is 6.09 Å². The maximum atomic E-state index is 11.6. The SMILES string of the molecule is CC(C)(C)OC(=O)NCCc1ccc(NC2CCOCC2)cc1.CO.NCCc1ccc(NC2CCOCC2)cc1. The van der Waals surface area contributed by atoms with Gasteiger partial charge >= 0.3 is 6.09 Å². The second kappa shape index (κ2) is 19.3. The number of anilines is 2. The average Bonchev–Trinajstić information content (AvgIpc) is 2.97. The molecule has 2 saturated heterocycles. The van der Waals surface area contributed by atoms with Gasteiger partial charge in [0.05, 0.1) is 0 Å². The topological polar surface area (TPSA) is 127 Å². The smallest absolute Gasteiger partial charge is 0.407 e. The predicted molar refractivity (Wildman–Crippen MR) is 167 cm³/mol. The second-order valence-corrected chi connectivity index (χ2v) is 11.2. The molecule has 2 heterocycles. The van der Waals surface area contributed by atoms with E-state index in [9.17, 15) is 4.79 Å². The van der Waals surface area contributed by atoms with Gasteiger partial charge in [0.1, 0.15) is 5.60 Å². The zero-order valence-corrected chi connectivity index (χ0v) is 25.4. The van der Waals surface area contributed by atoms with Gasteiger partial charge in [0.25, 0.3) is 0 Å². The first-order valence-electron chi connectivity index (χ1n) is 14.8. The first-order chi connectivity index (χ1) is 19.8. The van der Waals surface area contributed by atoms with E-state index < -0.39 is 5.60 Å². The molecule has 0 aliphatic carbocycles. The largest absolute Gasteiger partial charge is 0.444 e. The van der Waals surface area contributed by atoms with E-state index in [1.807, 2.05) is 20.8 Å². The highest BCUT2D eigenvalue weighted by molar-refractivity contribution is 5.67. The molecule has 2 aromatic rings. The molecule has 0 radical (unpaired) electrons. The van der Waals surface area contributed by atoms with Gasteiger partial charge in [-0.2, -0.15) is 0 Å².